The van der Waals surface area contributed by atoms with Crippen LogP contribution < -0.4 is 4.90 Å². The lowest BCUT2D eigenvalue weighted by atomic mass is 9.95. The molecule has 11 aromatic carbocycles. The summed E-state index contributed by atoms with van der Waals surface area (Å²) >= 11 is 0. The molecule has 0 aliphatic rings. The first-order chi connectivity index (χ1) is 33.2. The van der Waals surface area contributed by atoms with Crippen molar-refractivity contribution < 1.29 is 4.42 Å². The van der Waals surface area contributed by atoms with E-state index >= 15 is 0 Å². The molecule has 0 saturated heterocycles. The van der Waals surface area contributed by atoms with Gasteiger partial charge in [0.1, 0.15) is 11.2 Å². The van der Waals surface area contributed by atoms with Crippen LogP contribution in [0.1, 0.15) is 0 Å². The molecule has 0 fully saturated rings. The SMILES string of the molecule is c1cc(-c2ccc(N(c3cccc(-c4cccc5ccccc45)c3)c3ccccc3-c3cccc4oc5ccccc5c34)cc2)cc(-c2ccc(-n3c4ccccc4c4ccccc43)cc2)c1. The molecule has 3 nitrogen and oxygen atoms in total. The molecule has 67 heavy (non-hydrogen) atoms. The van der Waals surface area contributed by atoms with Gasteiger partial charge >= 0.3 is 0 Å². The molecular weight excluding hydrogens is 813 g/mol. The Morgan fingerprint density at radius 2 is 0.851 bits per heavy atom. The van der Waals surface area contributed by atoms with Crippen molar-refractivity contribution in [1.29, 1.82) is 0 Å². The Hall–Kier alpha value is -8.92. The minimum atomic E-state index is 0.878. The number of nitrogens with zero attached hydrogens (tertiary/aromatic N) is 2. The summed E-state index contributed by atoms with van der Waals surface area (Å²) in [5.41, 5.74) is 17.8. The molecule has 0 spiro atoms. The first-order valence-electron chi connectivity index (χ1n) is 22.9. The molecule has 0 amide bonds. The van der Waals surface area contributed by atoms with E-state index in [0.29, 0.717) is 0 Å². The van der Waals surface area contributed by atoms with Gasteiger partial charge in [-0.1, -0.05) is 182 Å². The van der Waals surface area contributed by atoms with Crippen LogP contribution in [0.2, 0.25) is 0 Å². The zero-order valence-corrected chi connectivity index (χ0v) is 36.6. The fourth-order valence-corrected chi connectivity index (χ4v) is 10.3. The largest absolute Gasteiger partial charge is 0.456 e. The van der Waals surface area contributed by atoms with E-state index in [9.17, 15) is 0 Å². The van der Waals surface area contributed by atoms with Crippen LogP contribution in [0.3, 0.4) is 0 Å². The van der Waals surface area contributed by atoms with Crippen molar-refractivity contribution in [3.63, 3.8) is 0 Å². The molecule has 0 N–H and O–H groups in total. The molecule has 0 radical (unpaired) electrons. The standard InChI is InChI=1S/C64H42N2O/c1-2-21-52-45(15-1)16-13-26-53(52)48-19-12-20-51(42-48)65(59-28-7-5-24-56(59)57-27-14-32-63-64(57)58-25-6-10-31-62(58)67-63)49-37-33-43(34-38-49)46-17-11-18-47(41-46)44-35-39-50(40-36-44)66-60-29-8-3-22-54(60)55-23-4-9-30-61(55)66/h1-42H. The van der Waals surface area contributed by atoms with Crippen LogP contribution in [0.15, 0.2) is 259 Å². The molecule has 2 aromatic heterocycles. The highest BCUT2D eigenvalue weighted by molar-refractivity contribution is 6.14. The van der Waals surface area contributed by atoms with E-state index in [1.807, 2.05) is 6.07 Å². The molecule has 13 aromatic rings. The Morgan fingerprint density at radius 3 is 1.63 bits per heavy atom. The third-order valence-corrected chi connectivity index (χ3v) is 13.4. The summed E-state index contributed by atoms with van der Waals surface area (Å²) in [5.74, 6) is 0. The lowest BCUT2D eigenvalue weighted by Crippen LogP contribution is -2.11. The summed E-state index contributed by atoms with van der Waals surface area (Å²) in [5, 5.41) is 7.22. The average Bonchev–Trinajstić information content (AvgIpc) is 3.95. The number of hydrogen-bond donors (Lipinski definition) is 0. The number of hydrogen-bond acceptors (Lipinski definition) is 2. The maximum Gasteiger partial charge on any atom is 0.136 e. The highest BCUT2D eigenvalue weighted by Crippen LogP contribution is 2.46. The third kappa shape index (κ3) is 6.59. The topological polar surface area (TPSA) is 21.3 Å². The number of furan rings is 1. The molecule has 0 unspecified atom stereocenters. The third-order valence-electron chi connectivity index (χ3n) is 13.4. The molecule has 0 bridgehead atoms. The molecule has 3 heteroatoms. The molecule has 0 saturated carbocycles. The highest BCUT2D eigenvalue weighted by atomic mass is 16.3. The quantitative estimate of drug-likeness (QED) is 0.152. The Labute approximate surface area is 388 Å². The van der Waals surface area contributed by atoms with Crippen molar-refractivity contribution in [2.24, 2.45) is 0 Å². The van der Waals surface area contributed by atoms with Gasteiger partial charge in [0.15, 0.2) is 0 Å². The minimum Gasteiger partial charge on any atom is -0.456 e. The van der Waals surface area contributed by atoms with E-state index in [0.717, 1.165) is 66.9 Å². The highest BCUT2D eigenvalue weighted by Gasteiger charge is 2.21. The van der Waals surface area contributed by atoms with E-state index in [4.69, 9.17) is 4.42 Å². The lowest BCUT2D eigenvalue weighted by Gasteiger charge is -2.28. The summed E-state index contributed by atoms with van der Waals surface area (Å²) in [6.07, 6.45) is 0. The Bertz CT molecular complexity index is 3930. The van der Waals surface area contributed by atoms with Gasteiger partial charge in [-0.15, -0.1) is 0 Å². The number of fused-ring (bicyclic) bond motifs is 7. The van der Waals surface area contributed by atoms with Crippen molar-refractivity contribution in [1.82, 2.24) is 4.57 Å². The van der Waals surface area contributed by atoms with Crippen molar-refractivity contribution in [2.45, 2.75) is 0 Å². The van der Waals surface area contributed by atoms with Crippen LogP contribution in [-0.4, -0.2) is 4.57 Å². The summed E-state index contributed by atoms with van der Waals surface area (Å²) in [6, 6.07) is 91.9. The molecule has 314 valence electrons. The Morgan fingerprint density at radius 1 is 0.313 bits per heavy atom. The zero-order valence-electron chi connectivity index (χ0n) is 36.6. The Balaban J connectivity index is 0.901. The number of aromatic nitrogens is 1. The summed E-state index contributed by atoms with van der Waals surface area (Å²) < 4.78 is 8.78. The normalized spacial score (nSPS) is 11.6. The first-order valence-corrected chi connectivity index (χ1v) is 22.9. The lowest BCUT2D eigenvalue weighted by molar-refractivity contribution is 0.669. The van der Waals surface area contributed by atoms with Gasteiger partial charge < -0.3 is 13.9 Å². The number of para-hydroxylation sites is 4. The van der Waals surface area contributed by atoms with Crippen LogP contribution in [-0.2, 0) is 0 Å². The molecule has 0 aliphatic heterocycles. The molecule has 0 aliphatic carbocycles. The summed E-state index contributed by atoms with van der Waals surface area (Å²) in [6.45, 7) is 0. The van der Waals surface area contributed by atoms with Crippen molar-refractivity contribution >= 4 is 71.6 Å². The zero-order chi connectivity index (χ0) is 44.3. The maximum absolute atomic E-state index is 6.41. The van der Waals surface area contributed by atoms with Crippen LogP contribution >= 0.6 is 0 Å². The number of benzene rings is 11. The predicted molar refractivity (Wildman–Crippen MR) is 282 cm³/mol. The van der Waals surface area contributed by atoms with Gasteiger partial charge in [0.25, 0.3) is 0 Å². The second-order valence-electron chi connectivity index (χ2n) is 17.3. The van der Waals surface area contributed by atoms with Crippen LogP contribution in [0, 0.1) is 0 Å². The summed E-state index contributed by atoms with van der Waals surface area (Å²) in [4.78, 5) is 2.41. The van der Waals surface area contributed by atoms with E-state index in [-0.39, 0.29) is 0 Å². The van der Waals surface area contributed by atoms with E-state index in [2.05, 4.69) is 258 Å². The van der Waals surface area contributed by atoms with Gasteiger partial charge in [0, 0.05) is 44.2 Å². The fourth-order valence-electron chi connectivity index (χ4n) is 10.3. The smallest absolute Gasteiger partial charge is 0.136 e. The van der Waals surface area contributed by atoms with Crippen LogP contribution in [0.5, 0.6) is 0 Å². The molecule has 0 atom stereocenters. The minimum absolute atomic E-state index is 0.878. The van der Waals surface area contributed by atoms with Gasteiger partial charge in [0.2, 0.25) is 0 Å². The Kier molecular flexibility index (Phi) is 9.17. The monoisotopic (exact) mass is 854 g/mol. The maximum atomic E-state index is 6.41. The van der Waals surface area contributed by atoms with Crippen molar-refractivity contribution in [2.75, 3.05) is 4.90 Å². The molecule has 2 heterocycles. The molecule has 13 rings (SSSR count). The van der Waals surface area contributed by atoms with Gasteiger partial charge in [-0.3, -0.25) is 0 Å². The van der Waals surface area contributed by atoms with E-state index in [1.165, 1.54) is 54.8 Å². The van der Waals surface area contributed by atoms with E-state index in [1.54, 1.807) is 0 Å². The first kappa shape index (κ1) is 38.5. The second kappa shape index (κ2) is 16.0. The van der Waals surface area contributed by atoms with Gasteiger partial charge in [-0.05, 0) is 123 Å². The van der Waals surface area contributed by atoms with Crippen LogP contribution in [0.4, 0.5) is 17.1 Å². The van der Waals surface area contributed by atoms with Gasteiger partial charge in [-0.2, -0.15) is 0 Å². The number of rotatable bonds is 8. The second-order valence-corrected chi connectivity index (χ2v) is 17.3. The summed E-state index contributed by atoms with van der Waals surface area (Å²) in [7, 11) is 0. The van der Waals surface area contributed by atoms with Gasteiger partial charge in [0.05, 0.1) is 16.7 Å². The van der Waals surface area contributed by atoms with Crippen molar-refractivity contribution in [3.8, 4) is 50.2 Å². The molecular formula is C64H42N2O. The predicted octanol–water partition coefficient (Wildman–Crippen LogP) is 18.0. The number of anilines is 3. The van der Waals surface area contributed by atoms with Crippen LogP contribution in [0.25, 0.3) is 105 Å². The van der Waals surface area contributed by atoms with E-state index < -0.39 is 0 Å². The van der Waals surface area contributed by atoms with Gasteiger partial charge in [-0.25, -0.2) is 0 Å². The average molecular weight is 855 g/mol. The fraction of sp³-hybridized carbons (Fsp3) is 0. The van der Waals surface area contributed by atoms with Crippen molar-refractivity contribution in [3.05, 3.63) is 255 Å².